The molecule has 1 atom stereocenters. The number of unbranched alkanes of at least 4 members (excludes halogenated alkanes) is 2. The number of urea groups is 1. The first kappa shape index (κ1) is 18.9. The highest BCUT2D eigenvalue weighted by Gasteiger charge is 2.32. The summed E-state index contributed by atoms with van der Waals surface area (Å²) in [4.78, 5) is 13.1. The smallest absolute Gasteiger partial charge is 0.315 e. The molecule has 0 saturated heterocycles. The molecule has 3 N–H and O–H groups in total. The first-order chi connectivity index (χ1) is 10.5. The molecule has 0 fully saturated rings. The van der Waals surface area contributed by atoms with Gasteiger partial charge in [-0.25, -0.2) is 4.79 Å². The van der Waals surface area contributed by atoms with Crippen molar-refractivity contribution < 1.29 is 14.6 Å². The van der Waals surface area contributed by atoms with Crippen molar-refractivity contribution in [1.82, 2.24) is 10.6 Å². The lowest BCUT2D eigenvalue weighted by Crippen LogP contribution is -2.44. The first-order valence-corrected chi connectivity index (χ1v) is 8.57. The maximum absolute atomic E-state index is 12.1. The summed E-state index contributed by atoms with van der Waals surface area (Å²) >= 11 is 1.59. The number of amides is 2. The van der Waals surface area contributed by atoms with Gasteiger partial charge in [0.15, 0.2) is 0 Å². The Bertz CT molecular complexity index is 421. The molecule has 126 valence electrons. The van der Waals surface area contributed by atoms with Gasteiger partial charge in [-0.15, -0.1) is 11.3 Å². The maximum Gasteiger partial charge on any atom is 0.315 e. The number of thiophene rings is 1. The zero-order valence-corrected chi connectivity index (χ0v) is 14.5. The van der Waals surface area contributed by atoms with Crippen LogP contribution in [0.15, 0.2) is 17.5 Å². The van der Waals surface area contributed by atoms with E-state index in [1.165, 1.54) is 0 Å². The van der Waals surface area contributed by atoms with Crippen LogP contribution in [0.2, 0.25) is 0 Å². The second-order valence-electron chi connectivity index (χ2n) is 6.05. The highest BCUT2D eigenvalue weighted by atomic mass is 32.1. The van der Waals surface area contributed by atoms with E-state index >= 15 is 0 Å². The molecule has 1 aromatic heterocycles. The SMILES string of the molecule is COCCCCCNC(=O)N[C@@H](c1cccs1)C(C)(C)CO. The monoisotopic (exact) mass is 328 g/mol. The molecule has 0 unspecified atom stereocenters. The number of carbonyl (C=O) groups excluding carboxylic acids is 1. The lowest BCUT2D eigenvalue weighted by atomic mass is 9.84. The summed E-state index contributed by atoms with van der Waals surface area (Å²) in [5.41, 5.74) is -0.416. The number of carbonyl (C=O) groups is 1. The summed E-state index contributed by atoms with van der Waals surface area (Å²) in [5, 5.41) is 17.4. The average molecular weight is 328 g/mol. The van der Waals surface area contributed by atoms with Gasteiger partial charge in [0, 0.05) is 30.6 Å². The molecular weight excluding hydrogens is 300 g/mol. The highest BCUT2D eigenvalue weighted by molar-refractivity contribution is 7.10. The second-order valence-corrected chi connectivity index (χ2v) is 7.03. The fraction of sp³-hybridized carbons (Fsp3) is 0.688. The molecule has 0 radical (unpaired) electrons. The topological polar surface area (TPSA) is 70.6 Å². The van der Waals surface area contributed by atoms with E-state index < -0.39 is 5.41 Å². The molecule has 5 nitrogen and oxygen atoms in total. The van der Waals surface area contributed by atoms with Crippen LogP contribution in [0, 0.1) is 5.41 Å². The zero-order valence-electron chi connectivity index (χ0n) is 13.7. The lowest BCUT2D eigenvalue weighted by Gasteiger charge is -2.32. The minimum absolute atomic E-state index is 0.00681. The van der Waals surface area contributed by atoms with Crippen molar-refractivity contribution in [2.75, 3.05) is 26.9 Å². The van der Waals surface area contributed by atoms with Crippen LogP contribution in [0.4, 0.5) is 4.79 Å². The van der Waals surface area contributed by atoms with Gasteiger partial charge in [0.25, 0.3) is 0 Å². The largest absolute Gasteiger partial charge is 0.396 e. The molecule has 0 spiro atoms. The Kier molecular flexibility index (Phi) is 8.45. The number of rotatable bonds is 10. The molecule has 0 aromatic carbocycles. The Morgan fingerprint density at radius 3 is 2.77 bits per heavy atom. The molecule has 6 heteroatoms. The molecule has 0 aliphatic rings. The number of hydrogen-bond acceptors (Lipinski definition) is 4. The summed E-state index contributed by atoms with van der Waals surface area (Å²) in [6.45, 7) is 5.31. The van der Waals surface area contributed by atoms with Crippen LogP contribution in [-0.4, -0.2) is 38.0 Å². The van der Waals surface area contributed by atoms with Crippen LogP contribution < -0.4 is 10.6 Å². The lowest BCUT2D eigenvalue weighted by molar-refractivity contribution is 0.119. The predicted octanol–water partition coefficient (Wildman–Crippen LogP) is 2.92. The van der Waals surface area contributed by atoms with Crippen LogP contribution in [0.3, 0.4) is 0 Å². The first-order valence-electron chi connectivity index (χ1n) is 7.69. The number of methoxy groups -OCH3 is 1. The molecule has 1 aromatic rings. The van der Waals surface area contributed by atoms with Crippen LogP contribution in [0.25, 0.3) is 0 Å². The summed E-state index contributed by atoms with van der Waals surface area (Å²) in [5.74, 6) is 0. The van der Waals surface area contributed by atoms with Crippen LogP contribution >= 0.6 is 11.3 Å². The summed E-state index contributed by atoms with van der Waals surface area (Å²) in [6, 6.07) is 3.55. The van der Waals surface area contributed by atoms with E-state index in [2.05, 4.69) is 10.6 Å². The van der Waals surface area contributed by atoms with Crippen LogP contribution in [0.5, 0.6) is 0 Å². The van der Waals surface area contributed by atoms with Gasteiger partial charge in [-0.05, 0) is 30.7 Å². The highest BCUT2D eigenvalue weighted by Crippen LogP contribution is 2.35. The zero-order chi connectivity index (χ0) is 16.4. The minimum atomic E-state index is -0.416. The molecule has 0 aliphatic carbocycles. The van der Waals surface area contributed by atoms with Gasteiger partial charge >= 0.3 is 6.03 Å². The van der Waals surface area contributed by atoms with E-state index in [4.69, 9.17) is 4.74 Å². The van der Waals surface area contributed by atoms with Crippen molar-refractivity contribution in [3.8, 4) is 0 Å². The Hall–Kier alpha value is -1.11. The van der Waals surface area contributed by atoms with Gasteiger partial charge in [0.05, 0.1) is 12.6 Å². The van der Waals surface area contributed by atoms with Gasteiger partial charge in [-0.1, -0.05) is 19.9 Å². The van der Waals surface area contributed by atoms with Crippen molar-refractivity contribution >= 4 is 17.4 Å². The van der Waals surface area contributed by atoms with Gasteiger partial charge in [-0.2, -0.15) is 0 Å². The fourth-order valence-corrected chi connectivity index (χ4v) is 3.12. The van der Waals surface area contributed by atoms with E-state index in [-0.39, 0.29) is 18.7 Å². The van der Waals surface area contributed by atoms with Crippen molar-refractivity contribution in [3.05, 3.63) is 22.4 Å². The Labute approximate surface area is 137 Å². The predicted molar refractivity (Wildman–Crippen MR) is 90.2 cm³/mol. The summed E-state index contributed by atoms with van der Waals surface area (Å²) in [6.07, 6.45) is 2.98. The third-order valence-electron chi connectivity index (χ3n) is 3.60. The fourth-order valence-electron chi connectivity index (χ4n) is 2.13. The summed E-state index contributed by atoms with van der Waals surface area (Å²) in [7, 11) is 1.69. The Morgan fingerprint density at radius 1 is 1.41 bits per heavy atom. The van der Waals surface area contributed by atoms with E-state index in [0.717, 1.165) is 30.7 Å². The molecule has 1 heterocycles. The number of nitrogens with one attached hydrogen (secondary N) is 2. The Balaban J connectivity index is 2.44. The van der Waals surface area contributed by atoms with Crippen molar-refractivity contribution in [2.24, 2.45) is 5.41 Å². The maximum atomic E-state index is 12.1. The third kappa shape index (κ3) is 6.34. The third-order valence-corrected chi connectivity index (χ3v) is 4.54. The van der Waals surface area contributed by atoms with E-state index in [1.54, 1.807) is 18.4 Å². The van der Waals surface area contributed by atoms with Crippen LogP contribution in [-0.2, 0) is 4.74 Å². The minimum Gasteiger partial charge on any atom is -0.396 e. The van der Waals surface area contributed by atoms with Gasteiger partial charge in [0.2, 0.25) is 0 Å². The number of aliphatic hydroxyl groups is 1. The number of ether oxygens (including phenoxy) is 1. The molecule has 0 bridgehead atoms. The van der Waals surface area contributed by atoms with Crippen molar-refractivity contribution in [1.29, 1.82) is 0 Å². The normalized spacial score (nSPS) is 12.9. The molecule has 2 amide bonds. The van der Waals surface area contributed by atoms with E-state index in [9.17, 15) is 9.90 Å². The molecule has 0 saturated carbocycles. The van der Waals surface area contributed by atoms with E-state index in [0.29, 0.717) is 6.54 Å². The molecule has 22 heavy (non-hydrogen) atoms. The molecule has 0 aliphatic heterocycles. The standard InChI is InChI=1S/C16H28N2O3S/c1-16(2,12-19)14(13-8-7-11-22-13)18-15(20)17-9-5-4-6-10-21-3/h7-8,11,14,19H,4-6,9-10,12H2,1-3H3,(H2,17,18,20)/t14-/m0/s1. The quantitative estimate of drug-likeness (QED) is 0.578. The average Bonchev–Trinajstić information content (AvgIpc) is 3.02. The summed E-state index contributed by atoms with van der Waals surface area (Å²) < 4.78 is 4.99. The van der Waals surface area contributed by atoms with Crippen molar-refractivity contribution in [2.45, 2.75) is 39.2 Å². The van der Waals surface area contributed by atoms with Crippen molar-refractivity contribution in [3.63, 3.8) is 0 Å². The molecule has 1 rings (SSSR count). The van der Waals surface area contributed by atoms with Crippen LogP contribution in [0.1, 0.15) is 44.0 Å². The van der Waals surface area contributed by atoms with Gasteiger partial charge in [-0.3, -0.25) is 0 Å². The van der Waals surface area contributed by atoms with E-state index in [1.807, 2.05) is 31.4 Å². The number of hydrogen-bond donors (Lipinski definition) is 3. The molecular formula is C16H28N2O3S. The van der Waals surface area contributed by atoms with Gasteiger partial charge in [0.1, 0.15) is 0 Å². The number of aliphatic hydroxyl groups excluding tert-OH is 1. The Morgan fingerprint density at radius 2 is 2.18 bits per heavy atom. The van der Waals surface area contributed by atoms with Gasteiger partial charge < -0.3 is 20.5 Å². The second kappa shape index (κ2) is 9.82.